The molecule has 0 unspecified atom stereocenters. The standard InChI is InChI=1S/C20H17ClN2O5/c1-25-16-9-13(10-17(11-16)26-2)3-8-19(24)27-12-18-22-20(23-28-18)14-4-6-15(21)7-5-14/h3-11H,12H2,1-2H3/b8-3+. The zero-order valence-corrected chi connectivity index (χ0v) is 16.0. The summed E-state index contributed by atoms with van der Waals surface area (Å²) in [5, 5.41) is 4.47. The minimum absolute atomic E-state index is 0.134. The number of halogens is 1. The second kappa shape index (κ2) is 9.05. The van der Waals surface area contributed by atoms with E-state index in [1.54, 1.807) is 62.8 Å². The van der Waals surface area contributed by atoms with Gasteiger partial charge in [0.15, 0.2) is 6.61 Å². The Balaban J connectivity index is 1.59. The lowest BCUT2D eigenvalue weighted by Crippen LogP contribution is -2.01. The summed E-state index contributed by atoms with van der Waals surface area (Å²) in [5.41, 5.74) is 1.48. The first-order valence-electron chi connectivity index (χ1n) is 8.24. The maximum Gasteiger partial charge on any atom is 0.331 e. The largest absolute Gasteiger partial charge is 0.497 e. The van der Waals surface area contributed by atoms with Gasteiger partial charge < -0.3 is 18.7 Å². The average Bonchev–Trinajstić information content (AvgIpc) is 3.20. The molecule has 0 saturated heterocycles. The van der Waals surface area contributed by atoms with E-state index in [4.69, 9.17) is 30.3 Å². The minimum atomic E-state index is -0.548. The van der Waals surface area contributed by atoms with Crippen LogP contribution in [0.1, 0.15) is 11.5 Å². The van der Waals surface area contributed by atoms with Crippen LogP contribution in [-0.4, -0.2) is 30.3 Å². The molecule has 3 aromatic rings. The highest BCUT2D eigenvalue weighted by Gasteiger charge is 2.10. The maximum atomic E-state index is 11.9. The number of nitrogens with zero attached hydrogens (tertiary/aromatic N) is 2. The van der Waals surface area contributed by atoms with Crippen LogP contribution in [0.15, 0.2) is 53.1 Å². The van der Waals surface area contributed by atoms with Gasteiger partial charge in [-0.15, -0.1) is 0 Å². The topological polar surface area (TPSA) is 83.7 Å². The molecular formula is C20H17ClN2O5. The number of methoxy groups -OCH3 is 2. The number of rotatable bonds is 7. The third kappa shape index (κ3) is 5.11. The molecule has 2 aromatic carbocycles. The number of hydrogen-bond acceptors (Lipinski definition) is 7. The monoisotopic (exact) mass is 400 g/mol. The van der Waals surface area contributed by atoms with Gasteiger partial charge in [0.1, 0.15) is 11.5 Å². The molecule has 1 aromatic heterocycles. The van der Waals surface area contributed by atoms with Crippen molar-refractivity contribution in [2.24, 2.45) is 0 Å². The van der Waals surface area contributed by atoms with Crippen molar-refractivity contribution in [1.29, 1.82) is 0 Å². The minimum Gasteiger partial charge on any atom is -0.497 e. The quantitative estimate of drug-likeness (QED) is 0.434. The lowest BCUT2D eigenvalue weighted by atomic mass is 10.2. The number of carbonyl (C=O) groups is 1. The fraction of sp³-hybridized carbons (Fsp3) is 0.150. The van der Waals surface area contributed by atoms with Gasteiger partial charge >= 0.3 is 5.97 Å². The smallest absolute Gasteiger partial charge is 0.331 e. The molecule has 28 heavy (non-hydrogen) atoms. The van der Waals surface area contributed by atoms with Crippen LogP contribution in [0.5, 0.6) is 11.5 Å². The van der Waals surface area contributed by atoms with Crippen molar-refractivity contribution in [3.63, 3.8) is 0 Å². The van der Waals surface area contributed by atoms with Crippen LogP contribution in [0.4, 0.5) is 0 Å². The number of carbonyl (C=O) groups excluding carboxylic acids is 1. The van der Waals surface area contributed by atoms with Gasteiger partial charge in [-0.25, -0.2) is 4.79 Å². The summed E-state index contributed by atoms with van der Waals surface area (Å²) in [5.74, 6) is 1.27. The van der Waals surface area contributed by atoms with Crippen LogP contribution >= 0.6 is 11.6 Å². The van der Waals surface area contributed by atoms with Crippen molar-refractivity contribution in [2.75, 3.05) is 14.2 Å². The Bertz CT molecular complexity index is 960. The first-order valence-corrected chi connectivity index (χ1v) is 8.61. The average molecular weight is 401 g/mol. The molecule has 0 aliphatic rings. The molecule has 0 aliphatic carbocycles. The number of ether oxygens (including phenoxy) is 3. The molecule has 144 valence electrons. The number of benzene rings is 2. The third-order valence-corrected chi connectivity index (χ3v) is 3.95. The summed E-state index contributed by atoms with van der Waals surface area (Å²) in [7, 11) is 3.11. The van der Waals surface area contributed by atoms with E-state index >= 15 is 0 Å². The molecule has 0 saturated carbocycles. The van der Waals surface area contributed by atoms with Gasteiger partial charge in [0.2, 0.25) is 5.82 Å². The molecule has 0 amide bonds. The molecule has 0 N–H and O–H groups in total. The Morgan fingerprint density at radius 1 is 1.11 bits per heavy atom. The molecule has 8 heteroatoms. The van der Waals surface area contributed by atoms with E-state index in [2.05, 4.69) is 10.1 Å². The Morgan fingerprint density at radius 2 is 1.79 bits per heavy atom. The predicted molar refractivity (Wildman–Crippen MR) is 103 cm³/mol. The first kappa shape index (κ1) is 19.4. The molecule has 0 fully saturated rings. The third-order valence-electron chi connectivity index (χ3n) is 3.69. The van der Waals surface area contributed by atoms with E-state index in [1.165, 1.54) is 6.08 Å². The van der Waals surface area contributed by atoms with Gasteiger partial charge in [0, 0.05) is 22.7 Å². The van der Waals surface area contributed by atoms with Crippen LogP contribution in [-0.2, 0) is 16.1 Å². The summed E-state index contributed by atoms with van der Waals surface area (Å²) in [6.07, 6.45) is 2.89. The molecular weight excluding hydrogens is 384 g/mol. The van der Waals surface area contributed by atoms with Crippen LogP contribution < -0.4 is 9.47 Å². The maximum absolute atomic E-state index is 11.9. The second-order valence-corrected chi connectivity index (χ2v) is 6.04. The van der Waals surface area contributed by atoms with Crippen molar-refractivity contribution < 1.29 is 23.5 Å². The van der Waals surface area contributed by atoms with Gasteiger partial charge in [-0.1, -0.05) is 16.8 Å². The Hall–Kier alpha value is -3.32. The van der Waals surface area contributed by atoms with E-state index in [1.807, 2.05) is 0 Å². The zero-order valence-electron chi connectivity index (χ0n) is 15.2. The normalized spacial score (nSPS) is 10.8. The fourth-order valence-electron chi connectivity index (χ4n) is 2.30. The number of aromatic nitrogens is 2. The Morgan fingerprint density at radius 3 is 2.43 bits per heavy atom. The van der Waals surface area contributed by atoms with Crippen molar-refractivity contribution in [1.82, 2.24) is 10.1 Å². The molecule has 3 rings (SSSR count). The molecule has 0 spiro atoms. The predicted octanol–water partition coefficient (Wildman–Crippen LogP) is 4.16. The van der Waals surface area contributed by atoms with Gasteiger partial charge in [-0.3, -0.25) is 0 Å². The van der Waals surface area contributed by atoms with Crippen LogP contribution in [0.2, 0.25) is 5.02 Å². The fourth-order valence-corrected chi connectivity index (χ4v) is 2.43. The van der Waals surface area contributed by atoms with E-state index in [-0.39, 0.29) is 12.5 Å². The van der Waals surface area contributed by atoms with Gasteiger partial charge in [-0.2, -0.15) is 4.98 Å². The molecule has 1 heterocycles. The molecule has 0 aliphatic heterocycles. The lowest BCUT2D eigenvalue weighted by molar-refractivity contribution is -0.139. The van der Waals surface area contributed by atoms with Crippen LogP contribution in [0.3, 0.4) is 0 Å². The van der Waals surface area contributed by atoms with Gasteiger partial charge in [0.25, 0.3) is 5.89 Å². The van der Waals surface area contributed by atoms with Crippen molar-refractivity contribution in [3.05, 3.63) is 65.0 Å². The lowest BCUT2D eigenvalue weighted by Gasteiger charge is -2.05. The van der Waals surface area contributed by atoms with E-state index in [9.17, 15) is 4.79 Å². The van der Waals surface area contributed by atoms with Gasteiger partial charge in [0.05, 0.1) is 14.2 Å². The van der Waals surface area contributed by atoms with Crippen molar-refractivity contribution >= 4 is 23.6 Å². The molecule has 0 radical (unpaired) electrons. The first-order chi connectivity index (χ1) is 13.6. The highest BCUT2D eigenvalue weighted by atomic mass is 35.5. The van der Waals surface area contributed by atoms with E-state index < -0.39 is 5.97 Å². The Labute approximate surface area is 166 Å². The Kier molecular flexibility index (Phi) is 6.29. The summed E-state index contributed by atoms with van der Waals surface area (Å²) in [6, 6.07) is 12.3. The number of esters is 1. The molecule has 7 nitrogen and oxygen atoms in total. The highest BCUT2D eigenvalue weighted by Crippen LogP contribution is 2.23. The highest BCUT2D eigenvalue weighted by molar-refractivity contribution is 6.30. The molecule has 0 bridgehead atoms. The van der Waals surface area contributed by atoms with Gasteiger partial charge in [-0.05, 0) is 48.0 Å². The van der Waals surface area contributed by atoms with E-state index in [0.29, 0.717) is 22.3 Å². The van der Waals surface area contributed by atoms with Crippen molar-refractivity contribution in [2.45, 2.75) is 6.61 Å². The van der Waals surface area contributed by atoms with Crippen LogP contribution in [0.25, 0.3) is 17.5 Å². The van der Waals surface area contributed by atoms with Crippen LogP contribution in [0, 0.1) is 0 Å². The number of hydrogen-bond donors (Lipinski definition) is 0. The molecule has 0 atom stereocenters. The van der Waals surface area contributed by atoms with Crippen molar-refractivity contribution in [3.8, 4) is 22.9 Å². The summed E-state index contributed by atoms with van der Waals surface area (Å²) in [4.78, 5) is 16.1. The SMILES string of the molecule is COc1cc(/C=C/C(=O)OCc2nc(-c3ccc(Cl)cc3)no2)cc(OC)c1. The summed E-state index contributed by atoms with van der Waals surface area (Å²) >= 11 is 5.85. The summed E-state index contributed by atoms with van der Waals surface area (Å²) in [6.45, 7) is -0.134. The zero-order chi connectivity index (χ0) is 19.9. The van der Waals surface area contributed by atoms with E-state index in [0.717, 1.165) is 11.1 Å². The summed E-state index contributed by atoms with van der Waals surface area (Å²) < 4.78 is 20.6. The second-order valence-electron chi connectivity index (χ2n) is 5.61.